The standard InChI is InChI=1S/C15H22BrNO2/c1-5-13(10(3)4)17-14-8-7-11(9-12(14)16)15(18)19-6-2/h7-10,13,17H,5-6H2,1-4H3. The zero-order valence-corrected chi connectivity index (χ0v) is 13.6. The van der Waals surface area contributed by atoms with Crippen molar-refractivity contribution in [1.29, 1.82) is 0 Å². The summed E-state index contributed by atoms with van der Waals surface area (Å²) >= 11 is 3.50. The summed E-state index contributed by atoms with van der Waals surface area (Å²) in [5, 5.41) is 3.50. The normalized spacial score (nSPS) is 12.3. The highest BCUT2D eigenvalue weighted by molar-refractivity contribution is 9.10. The van der Waals surface area contributed by atoms with Crippen molar-refractivity contribution in [3.05, 3.63) is 28.2 Å². The Labute approximate surface area is 123 Å². The molecule has 1 aromatic rings. The second kappa shape index (κ2) is 7.53. The van der Waals surface area contributed by atoms with Crippen LogP contribution in [0.4, 0.5) is 5.69 Å². The van der Waals surface area contributed by atoms with E-state index in [4.69, 9.17) is 4.74 Å². The fourth-order valence-corrected chi connectivity index (χ4v) is 2.41. The van der Waals surface area contributed by atoms with Gasteiger partial charge in [0.15, 0.2) is 0 Å². The molecule has 0 aliphatic rings. The Bertz CT molecular complexity index is 432. The third-order valence-corrected chi connectivity index (χ3v) is 3.72. The maximum Gasteiger partial charge on any atom is 0.338 e. The number of esters is 1. The highest BCUT2D eigenvalue weighted by Gasteiger charge is 2.14. The molecule has 1 atom stereocenters. The molecule has 0 saturated carbocycles. The SMILES string of the molecule is CCOC(=O)c1ccc(NC(CC)C(C)C)c(Br)c1. The minimum Gasteiger partial charge on any atom is -0.462 e. The topological polar surface area (TPSA) is 38.3 Å². The summed E-state index contributed by atoms with van der Waals surface area (Å²) < 4.78 is 5.87. The Balaban J connectivity index is 2.85. The maximum atomic E-state index is 11.6. The number of anilines is 1. The molecule has 0 heterocycles. The molecule has 0 saturated heterocycles. The molecule has 0 aromatic heterocycles. The van der Waals surface area contributed by atoms with E-state index in [2.05, 4.69) is 42.0 Å². The third kappa shape index (κ3) is 4.53. The van der Waals surface area contributed by atoms with E-state index >= 15 is 0 Å². The molecule has 106 valence electrons. The van der Waals surface area contributed by atoms with Crippen LogP contribution < -0.4 is 5.32 Å². The quantitative estimate of drug-likeness (QED) is 0.783. The summed E-state index contributed by atoms with van der Waals surface area (Å²) in [5.41, 5.74) is 1.57. The van der Waals surface area contributed by atoms with Gasteiger partial charge in [-0.05, 0) is 53.4 Å². The van der Waals surface area contributed by atoms with E-state index in [1.165, 1.54) is 0 Å². The Morgan fingerprint density at radius 3 is 2.53 bits per heavy atom. The molecule has 1 unspecified atom stereocenters. The van der Waals surface area contributed by atoms with E-state index < -0.39 is 0 Å². The van der Waals surface area contributed by atoms with Crippen LogP contribution in [-0.4, -0.2) is 18.6 Å². The number of halogens is 1. The van der Waals surface area contributed by atoms with Crippen molar-refractivity contribution in [2.45, 2.75) is 40.2 Å². The largest absolute Gasteiger partial charge is 0.462 e. The molecule has 4 heteroatoms. The minimum absolute atomic E-state index is 0.286. The minimum atomic E-state index is -0.286. The Morgan fingerprint density at radius 2 is 2.05 bits per heavy atom. The highest BCUT2D eigenvalue weighted by Crippen LogP contribution is 2.26. The first kappa shape index (κ1) is 16.0. The molecule has 0 fully saturated rings. The highest BCUT2D eigenvalue weighted by atomic mass is 79.9. The van der Waals surface area contributed by atoms with E-state index in [9.17, 15) is 4.79 Å². The molecule has 0 spiro atoms. The van der Waals surface area contributed by atoms with Crippen molar-refractivity contribution in [3.8, 4) is 0 Å². The third-order valence-electron chi connectivity index (χ3n) is 3.07. The summed E-state index contributed by atoms with van der Waals surface area (Å²) in [6.07, 6.45) is 1.06. The van der Waals surface area contributed by atoms with Gasteiger partial charge in [-0.25, -0.2) is 4.79 Å². The van der Waals surface area contributed by atoms with Crippen molar-refractivity contribution in [2.24, 2.45) is 5.92 Å². The fourth-order valence-electron chi connectivity index (χ4n) is 1.91. The van der Waals surface area contributed by atoms with Crippen molar-refractivity contribution < 1.29 is 9.53 Å². The molecule has 1 aromatic carbocycles. The van der Waals surface area contributed by atoms with Gasteiger partial charge >= 0.3 is 5.97 Å². The number of benzene rings is 1. The Hall–Kier alpha value is -1.03. The average Bonchev–Trinajstić information content (AvgIpc) is 2.37. The van der Waals surface area contributed by atoms with E-state index in [0.717, 1.165) is 16.6 Å². The number of ether oxygens (including phenoxy) is 1. The molecule has 0 aliphatic heterocycles. The van der Waals surface area contributed by atoms with Crippen molar-refractivity contribution >= 4 is 27.6 Å². The average molecular weight is 328 g/mol. The van der Waals surface area contributed by atoms with E-state index in [-0.39, 0.29) is 5.97 Å². The van der Waals surface area contributed by atoms with Gasteiger partial charge in [-0.15, -0.1) is 0 Å². The molecule has 0 aliphatic carbocycles. The zero-order chi connectivity index (χ0) is 14.4. The van der Waals surface area contributed by atoms with Crippen LogP contribution in [0.2, 0.25) is 0 Å². The fraction of sp³-hybridized carbons (Fsp3) is 0.533. The lowest BCUT2D eigenvalue weighted by Crippen LogP contribution is -2.24. The van der Waals surface area contributed by atoms with Gasteiger partial charge in [0.1, 0.15) is 0 Å². The van der Waals surface area contributed by atoms with Gasteiger partial charge in [-0.2, -0.15) is 0 Å². The van der Waals surface area contributed by atoms with Crippen LogP contribution in [0.3, 0.4) is 0 Å². The van der Waals surface area contributed by atoms with Gasteiger partial charge in [0.2, 0.25) is 0 Å². The molecule has 0 amide bonds. The van der Waals surface area contributed by atoms with Crippen molar-refractivity contribution in [2.75, 3.05) is 11.9 Å². The van der Waals surface area contributed by atoms with Crippen molar-refractivity contribution in [3.63, 3.8) is 0 Å². The molecular weight excluding hydrogens is 306 g/mol. The van der Waals surface area contributed by atoms with Crippen LogP contribution in [0, 0.1) is 5.92 Å². The van der Waals surface area contributed by atoms with Gasteiger partial charge < -0.3 is 10.1 Å². The molecule has 3 nitrogen and oxygen atoms in total. The van der Waals surface area contributed by atoms with Crippen LogP contribution in [0.15, 0.2) is 22.7 Å². The molecular formula is C15H22BrNO2. The molecule has 0 bridgehead atoms. The summed E-state index contributed by atoms with van der Waals surface area (Å²) in [5.74, 6) is 0.271. The smallest absolute Gasteiger partial charge is 0.338 e. The summed E-state index contributed by atoms with van der Waals surface area (Å²) in [7, 11) is 0. The Kier molecular flexibility index (Phi) is 6.35. The summed E-state index contributed by atoms with van der Waals surface area (Å²) in [6, 6.07) is 5.93. The molecule has 1 N–H and O–H groups in total. The number of carbonyl (C=O) groups excluding carboxylic acids is 1. The lowest BCUT2D eigenvalue weighted by atomic mass is 10.0. The van der Waals surface area contributed by atoms with Crippen molar-refractivity contribution in [1.82, 2.24) is 0 Å². The monoisotopic (exact) mass is 327 g/mol. The summed E-state index contributed by atoms with van der Waals surface area (Å²) in [6.45, 7) is 8.75. The van der Waals surface area contributed by atoms with Gasteiger partial charge in [0.25, 0.3) is 0 Å². The lowest BCUT2D eigenvalue weighted by molar-refractivity contribution is 0.0526. The van der Waals surface area contributed by atoms with Crippen LogP contribution >= 0.6 is 15.9 Å². The second-order valence-corrected chi connectivity index (χ2v) is 5.67. The van der Waals surface area contributed by atoms with Crippen LogP contribution in [-0.2, 0) is 4.74 Å². The first-order chi connectivity index (χ1) is 8.99. The maximum absolute atomic E-state index is 11.6. The van der Waals surface area contributed by atoms with Gasteiger partial charge in [-0.3, -0.25) is 0 Å². The lowest BCUT2D eigenvalue weighted by Gasteiger charge is -2.23. The number of rotatable bonds is 6. The summed E-state index contributed by atoms with van der Waals surface area (Å²) in [4.78, 5) is 11.6. The van der Waals surface area contributed by atoms with E-state index in [0.29, 0.717) is 24.1 Å². The first-order valence-electron chi connectivity index (χ1n) is 6.72. The van der Waals surface area contributed by atoms with E-state index in [1.807, 2.05) is 6.07 Å². The predicted octanol–water partition coefficient (Wildman–Crippen LogP) is 4.47. The van der Waals surface area contributed by atoms with E-state index in [1.54, 1.807) is 19.1 Å². The number of hydrogen-bond donors (Lipinski definition) is 1. The van der Waals surface area contributed by atoms with Gasteiger partial charge in [0, 0.05) is 16.2 Å². The first-order valence-corrected chi connectivity index (χ1v) is 7.52. The molecule has 0 radical (unpaired) electrons. The van der Waals surface area contributed by atoms with Crippen LogP contribution in [0.25, 0.3) is 0 Å². The van der Waals surface area contributed by atoms with Crippen LogP contribution in [0.5, 0.6) is 0 Å². The van der Waals surface area contributed by atoms with Gasteiger partial charge in [0.05, 0.1) is 12.2 Å². The zero-order valence-electron chi connectivity index (χ0n) is 12.0. The second-order valence-electron chi connectivity index (χ2n) is 4.82. The Morgan fingerprint density at radius 1 is 1.37 bits per heavy atom. The van der Waals surface area contributed by atoms with Crippen LogP contribution in [0.1, 0.15) is 44.5 Å². The number of hydrogen-bond acceptors (Lipinski definition) is 3. The predicted molar refractivity (Wildman–Crippen MR) is 82.6 cm³/mol. The number of carbonyl (C=O) groups is 1. The van der Waals surface area contributed by atoms with Gasteiger partial charge in [-0.1, -0.05) is 20.8 Å². The number of nitrogens with one attached hydrogen (secondary N) is 1. The molecule has 19 heavy (non-hydrogen) atoms. The molecule has 1 rings (SSSR count).